The monoisotopic (exact) mass is 229 g/mol. The maximum atomic E-state index is 6.24. The Morgan fingerprint density at radius 1 is 1.50 bits per heavy atom. The number of ether oxygens (including phenoxy) is 2. The molecule has 0 aromatic rings. The van der Waals surface area contributed by atoms with Gasteiger partial charge in [0, 0.05) is 13.7 Å². The van der Waals surface area contributed by atoms with E-state index in [9.17, 15) is 0 Å². The van der Waals surface area contributed by atoms with E-state index in [0.29, 0.717) is 6.61 Å². The van der Waals surface area contributed by atoms with Gasteiger partial charge in [0.05, 0.1) is 18.3 Å². The molecule has 0 spiro atoms. The molecule has 1 aliphatic rings. The third-order valence-corrected chi connectivity index (χ3v) is 3.40. The molecule has 3 heteroatoms. The molecule has 0 bridgehead atoms. The van der Waals surface area contributed by atoms with Crippen molar-refractivity contribution in [2.24, 2.45) is 5.92 Å². The minimum absolute atomic E-state index is 0.0321. The van der Waals surface area contributed by atoms with Gasteiger partial charge in [-0.2, -0.15) is 0 Å². The Hall–Kier alpha value is -0.120. The molecule has 0 aromatic carbocycles. The summed E-state index contributed by atoms with van der Waals surface area (Å²) in [5.41, 5.74) is 0.0321. The zero-order chi connectivity index (χ0) is 12.0. The van der Waals surface area contributed by atoms with Crippen LogP contribution in [0.2, 0.25) is 0 Å². The van der Waals surface area contributed by atoms with Gasteiger partial charge < -0.3 is 14.8 Å². The van der Waals surface area contributed by atoms with Crippen molar-refractivity contribution < 1.29 is 9.47 Å². The summed E-state index contributed by atoms with van der Waals surface area (Å²) in [4.78, 5) is 0. The van der Waals surface area contributed by atoms with Crippen molar-refractivity contribution in [1.82, 2.24) is 5.32 Å². The Balaban J connectivity index is 2.56. The van der Waals surface area contributed by atoms with Crippen molar-refractivity contribution in [2.75, 3.05) is 27.3 Å². The van der Waals surface area contributed by atoms with Crippen LogP contribution in [0.5, 0.6) is 0 Å². The van der Waals surface area contributed by atoms with E-state index >= 15 is 0 Å². The van der Waals surface area contributed by atoms with E-state index < -0.39 is 0 Å². The van der Waals surface area contributed by atoms with Crippen molar-refractivity contribution in [3.8, 4) is 0 Å². The van der Waals surface area contributed by atoms with Gasteiger partial charge in [0.25, 0.3) is 0 Å². The summed E-state index contributed by atoms with van der Waals surface area (Å²) in [6, 6.07) is 0. The number of rotatable bonds is 6. The maximum absolute atomic E-state index is 6.24. The number of nitrogens with one attached hydrogen (secondary N) is 1. The standard InChI is InChI=1S/C13H27NO2/c1-11-6-5-7-13(8-11,10-14-3)16-12(2)9-15-4/h11-12,14H,5-10H2,1-4H3. The van der Waals surface area contributed by atoms with E-state index in [2.05, 4.69) is 19.2 Å². The molecule has 0 amide bonds. The van der Waals surface area contributed by atoms with Crippen LogP contribution in [-0.4, -0.2) is 39.0 Å². The van der Waals surface area contributed by atoms with Gasteiger partial charge >= 0.3 is 0 Å². The summed E-state index contributed by atoms with van der Waals surface area (Å²) in [6.07, 6.45) is 5.15. The zero-order valence-electron chi connectivity index (χ0n) is 11.2. The fourth-order valence-electron chi connectivity index (χ4n) is 2.94. The number of hydrogen-bond donors (Lipinski definition) is 1. The Morgan fingerprint density at radius 2 is 2.25 bits per heavy atom. The average Bonchev–Trinajstić information content (AvgIpc) is 2.17. The highest BCUT2D eigenvalue weighted by Gasteiger charge is 2.36. The van der Waals surface area contributed by atoms with Gasteiger partial charge in [-0.1, -0.05) is 19.8 Å². The molecule has 1 saturated carbocycles. The second-order valence-corrected chi connectivity index (χ2v) is 5.30. The molecule has 0 aliphatic heterocycles. The summed E-state index contributed by atoms with van der Waals surface area (Å²) in [5.74, 6) is 0.775. The molecule has 3 nitrogen and oxygen atoms in total. The molecule has 3 unspecified atom stereocenters. The van der Waals surface area contributed by atoms with Crippen molar-refractivity contribution in [1.29, 1.82) is 0 Å². The lowest BCUT2D eigenvalue weighted by Crippen LogP contribution is -2.48. The Morgan fingerprint density at radius 3 is 2.81 bits per heavy atom. The minimum Gasteiger partial charge on any atom is -0.382 e. The molecule has 96 valence electrons. The van der Waals surface area contributed by atoms with Gasteiger partial charge in [-0.25, -0.2) is 0 Å². The molecule has 0 radical (unpaired) electrons. The molecule has 1 aliphatic carbocycles. The molecule has 0 aromatic heterocycles. The second-order valence-electron chi connectivity index (χ2n) is 5.30. The Labute approximate surface area is 99.9 Å². The van der Waals surface area contributed by atoms with E-state index in [0.717, 1.165) is 12.5 Å². The number of likely N-dealkylation sites (N-methyl/N-ethyl adjacent to an activating group) is 1. The van der Waals surface area contributed by atoms with E-state index in [4.69, 9.17) is 9.47 Å². The first kappa shape index (κ1) is 13.9. The Kier molecular flexibility index (Phi) is 5.73. The van der Waals surface area contributed by atoms with Crippen LogP contribution in [-0.2, 0) is 9.47 Å². The average molecular weight is 229 g/mol. The predicted molar refractivity (Wildman–Crippen MR) is 66.7 cm³/mol. The van der Waals surface area contributed by atoms with Gasteiger partial charge in [0.2, 0.25) is 0 Å². The molecule has 1 N–H and O–H groups in total. The lowest BCUT2D eigenvalue weighted by Gasteiger charge is -2.41. The van der Waals surface area contributed by atoms with E-state index in [1.165, 1.54) is 25.7 Å². The van der Waals surface area contributed by atoms with E-state index in [-0.39, 0.29) is 11.7 Å². The molecule has 0 saturated heterocycles. The van der Waals surface area contributed by atoms with Crippen LogP contribution in [0.15, 0.2) is 0 Å². The third-order valence-electron chi connectivity index (χ3n) is 3.40. The first-order valence-corrected chi connectivity index (χ1v) is 6.43. The summed E-state index contributed by atoms with van der Waals surface area (Å²) < 4.78 is 11.4. The number of methoxy groups -OCH3 is 1. The van der Waals surface area contributed by atoms with Crippen LogP contribution in [0, 0.1) is 5.92 Å². The number of hydrogen-bond acceptors (Lipinski definition) is 3. The van der Waals surface area contributed by atoms with Crippen molar-refractivity contribution in [3.05, 3.63) is 0 Å². The summed E-state index contributed by atoms with van der Waals surface area (Å²) in [6.45, 7) is 6.05. The normalized spacial score (nSPS) is 32.6. The van der Waals surface area contributed by atoms with Gasteiger partial charge in [-0.15, -0.1) is 0 Å². The predicted octanol–water partition coefficient (Wildman–Crippen LogP) is 2.21. The fraction of sp³-hybridized carbons (Fsp3) is 1.00. The van der Waals surface area contributed by atoms with E-state index in [1.807, 2.05) is 7.05 Å². The molecule has 0 heterocycles. The van der Waals surface area contributed by atoms with Crippen molar-refractivity contribution in [3.63, 3.8) is 0 Å². The smallest absolute Gasteiger partial charge is 0.0813 e. The maximum Gasteiger partial charge on any atom is 0.0813 e. The minimum atomic E-state index is 0.0321. The topological polar surface area (TPSA) is 30.5 Å². The fourth-order valence-corrected chi connectivity index (χ4v) is 2.94. The SMILES string of the molecule is CNCC1(OC(C)COC)CCCC(C)C1. The highest BCUT2D eigenvalue weighted by Crippen LogP contribution is 2.35. The molecule has 1 rings (SSSR count). The zero-order valence-corrected chi connectivity index (χ0v) is 11.2. The van der Waals surface area contributed by atoms with Crippen molar-refractivity contribution >= 4 is 0 Å². The lowest BCUT2D eigenvalue weighted by atomic mass is 9.78. The second kappa shape index (κ2) is 6.58. The third kappa shape index (κ3) is 4.04. The van der Waals surface area contributed by atoms with Gasteiger partial charge in [-0.05, 0) is 32.7 Å². The van der Waals surface area contributed by atoms with Crippen LogP contribution < -0.4 is 5.32 Å². The van der Waals surface area contributed by atoms with Crippen LogP contribution in [0.4, 0.5) is 0 Å². The van der Waals surface area contributed by atoms with Crippen LogP contribution in [0.25, 0.3) is 0 Å². The first-order valence-electron chi connectivity index (χ1n) is 6.43. The molecular formula is C13H27NO2. The van der Waals surface area contributed by atoms with E-state index in [1.54, 1.807) is 7.11 Å². The molecule has 3 atom stereocenters. The molecule has 1 fully saturated rings. The van der Waals surface area contributed by atoms with Crippen LogP contribution in [0.3, 0.4) is 0 Å². The summed E-state index contributed by atoms with van der Waals surface area (Å²) in [5, 5.41) is 3.28. The van der Waals surface area contributed by atoms with Gasteiger partial charge in [-0.3, -0.25) is 0 Å². The Bertz CT molecular complexity index is 194. The highest BCUT2D eigenvalue weighted by molar-refractivity contribution is 4.89. The first-order chi connectivity index (χ1) is 7.62. The lowest BCUT2D eigenvalue weighted by molar-refractivity contribution is -0.129. The van der Waals surface area contributed by atoms with Gasteiger partial charge in [0.1, 0.15) is 0 Å². The quantitative estimate of drug-likeness (QED) is 0.757. The summed E-state index contributed by atoms with van der Waals surface area (Å²) >= 11 is 0. The largest absolute Gasteiger partial charge is 0.382 e. The highest BCUT2D eigenvalue weighted by atomic mass is 16.5. The van der Waals surface area contributed by atoms with Crippen LogP contribution in [0.1, 0.15) is 39.5 Å². The van der Waals surface area contributed by atoms with Gasteiger partial charge in [0.15, 0.2) is 0 Å². The summed E-state index contributed by atoms with van der Waals surface area (Å²) in [7, 11) is 3.74. The van der Waals surface area contributed by atoms with Crippen molar-refractivity contribution in [2.45, 2.75) is 51.2 Å². The molecule has 16 heavy (non-hydrogen) atoms. The molecular weight excluding hydrogens is 202 g/mol. The van der Waals surface area contributed by atoms with Crippen LogP contribution >= 0.6 is 0 Å².